The van der Waals surface area contributed by atoms with Gasteiger partial charge in [-0.3, -0.25) is 9.59 Å². The largest absolute Gasteiger partial charge is 0.462 e. The van der Waals surface area contributed by atoms with Crippen LogP contribution in [0.2, 0.25) is 0 Å². The molecule has 0 spiro atoms. The summed E-state index contributed by atoms with van der Waals surface area (Å²) >= 11 is 0. The molecule has 6 nitrogen and oxygen atoms in total. The molecule has 0 fully saturated rings. The highest BCUT2D eigenvalue weighted by atomic mass is 16.5. The second-order valence-corrected chi connectivity index (χ2v) is 5.79. The van der Waals surface area contributed by atoms with E-state index < -0.39 is 17.4 Å². The van der Waals surface area contributed by atoms with Crippen LogP contribution >= 0.6 is 0 Å². The van der Waals surface area contributed by atoms with E-state index in [1.807, 2.05) is 20.8 Å². The van der Waals surface area contributed by atoms with Crippen LogP contribution in [0, 0.1) is 0 Å². The molecule has 1 aromatic carbocycles. The van der Waals surface area contributed by atoms with Gasteiger partial charge in [0.25, 0.3) is 0 Å². The van der Waals surface area contributed by atoms with E-state index in [0.717, 1.165) is 0 Å². The molecule has 0 aromatic heterocycles. The van der Waals surface area contributed by atoms with E-state index in [9.17, 15) is 14.4 Å². The van der Waals surface area contributed by atoms with Gasteiger partial charge in [0.2, 0.25) is 11.8 Å². The number of amides is 2. The molecule has 0 unspecified atom stereocenters. The predicted octanol–water partition coefficient (Wildman–Crippen LogP) is 2.11. The van der Waals surface area contributed by atoms with Gasteiger partial charge in [-0.15, -0.1) is 0 Å². The Labute approximate surface area is 130 Å². The molecule has 0 saturated carbocycles. The molecule has 0 aliphatic heterocycles. The summed E-state index contributed by atoms with van der Waals surface area (Å²) in [4.78, 5) is 35.4. The Hall–Kier alpha value is -2.37. The lowest BCUT2D eigenvalue weighted by Gasteiger charge is -2.20. The average Bonchev–Trinajstić information content (AvgIpc) is 2.36. The van der Waals surface area contributed by atoms with E-state index in [-0.39, 0.29) is 24.5 Å². The SMILES string of the molecule is CCOC(=O)c1ccccc1NC(=O)CC(=O)NC(C)(C)C. The number of carbonyl (C=O) groups excluding carboxylic acids is 3. The minimum atomic E-state index is -0.516. The van der Waals surface area contributed by atoms with Gasteiger partial charge in [-0.1, -0.05) is 12.1 Å². The van der Waals surface area contributed by atoms with Crippen LogP contribution in [0.1, 0.15) is 44.5 Å². The average molecular weight is 306 g/mol. The monoisotopic (exact) mass is 306 g/mol. The number of anilines is 1. The van der Waals surface area contributed by atoms with Crippen molar-refractivity contribution in [1.82, 2.24) is 5.32 Å². The zero-order valence-corrected chi connectivity index (χ0v) is 13.4. The van der Waals surface area contributed by atoms with Crippen LogP contribution in [0.25, 0.3) is 0 Å². The molecule has 0 saturated heterocycles. The van der Waals surface area contributed by atoms with E-state index >= 15 is 0 Å². The van der Waals surface area contributed by atoms with Gasteiger partial charge in [-0.25, -0.2) is 4.79 Å². The van der Waals surface area contributed by atoms with Crippen LogP contribution in [-0.4, -0.2) is 29.9 Å². The number of esters is 1. The van der Waals surface area contributed by atoms with Crippen molar-refractivity contribution in [2.75, 3.05) is 11.9 Å². The van der Waals surface area contributed by atoms with E-state index in [0.29, 0.717) is 5.69 Å². The summed E-state index contributed by atoms with van der Waals surface area (Å²) in [6, 6.07) is 6.51. The number of nitrogens with one attached hydrogen (secondary N) is 2. The number of ether oxygens (including phenoxy) is 1. The summed E-state index contributed by atoms with van der Waals surface area (Å²) in [7, 11) is 0. The van der Waals surface area contributed by atoms with Crippen LogP contribution in [0.4, 0.5) is 5.69 Å². The highest BCUT2D eigenvalue weighted by Crippen LogP contribution is 2.16. The maximum absolute atomic E-state index is 11.9. The number of hydrogen-bond acceptors (Lipinski definition) is 4. The Morgan fingerprint density at radius 2 is 1.73 bits per heavy atom. The Morgan fingerprint density at radius 1 is 1.09 bits per heavy atom. The third kappa shape index (κ3) is 5.95. The first-order valence-corrected chi connectivity index (χ1v) is 7.10. The first kappa shape index (κ1) is 17.7. The molecule has 2 amide bonds. The van der Waals surface area contributed by atoms with Gasteiger partial charge in [-0.05, 0) is 39.8 Å². The number of benzene rings is 1. The van der Waals surface area contributed by atoms with Gasteiger partial charge >= 0.3 is 5.97 Å². The van der Waals surface area contributed by atoms with E-state index in [1.165, 1.54) is 0 Å². The van der Waals surface area contributed by atoms with Crippen LogP contribution in [-0.2, 0) is 14.3 Å². The van der Waals surface area contributed by atoms with Crippen molar-refractivity contribution in [1.29, 1.82) is 0 Å². The molecular weight excluding hydrogens is 284 g/mol. The summed E-state index contributed by atoms with van der Waals surface area (Å²) < 4.78 is 4.93. The van der Waals surface area contributed by atoms with Crippen LogP contribution < -0.4 is 10.6 Å². The Balaban J connectivity index is 2.73. The number of hydrogen-bond donors (Lipinski definition) is 2. The van der Waals surface area contributed by atoms with Crippen LogP contribution in [0.15, 0.2) is 24.3 Å². The first-order valence-electron chi connectivity index (χ1n) is 7.10. The van der Waals surface area contributed by atoms with Gasteiger partial charge in [-0.2, -0.15) is 0 Å². The zero-order valence-electron chi connectivity index (χ0n) is 13.4. The number of para-hydroxylation sites is 1. The summed E-state index contributed by atoms with van der Waals surface area (Å²) in [5.41, 5.74) is 0.184. The smallest absolute Gasteiger partial charge is 0.340 e. The quantitative estimate of drug-likeness (QED) is 0.644. The number of carbonyl (C=O) groups is 3. The molecule has 22 heavy (non-hydrogen) atoms. The van der Waals surface area contributed by atoms with Crippen molar-refractivity contribution in [2.45, 2.75) is 39.7 Å². The lowest BCUT2D eigenvalue weighted by Crippen LogP contribution is -2.41. The molecule has 0 bridgehead atoms. The molecule has 1 aromatic rings. The molecule has 0 atom stereocenters. The third-order valence-corrected chi connectivity index (χ3v) is 2.53. The van der Waals surface area contributed by atoms with Gasteiger partial charge in [0.15, 0.2) is 0 Å². The Kier molecular flexibility index (Phi) is 6.10. The van der Waals surface area contributed by atoms with Crippen LogP contribution in [0.3, 0.4) is 0 Å². The van der Waals surface area contributed by atoms with Crippen LogP contribution in [0.5, 0.6) is 0 Å². The Morgan fingerprint density at radius 3 is 2.32 bits per heavy atom. The molecule has 0 radical (unpaired) electrons. The molecule has 1 rings (SSSR count). The van der Waals surface area contributed by atoms with Crippen molar-refractivity contribution in [2.24, 2.45) is 0 Å². The summed E-state index contributed by atoms with van der Waals surface area (Å²) in [5, 5.41) is 5.27. The molecular formula is C16H22N2O4. The fraction of sp³-hybridized carbons (Fsp3) is 0.438. The summed E-state index contributed by atoms with van der Waals surface area (Å²) in [6.45, 7) is 7.45. The van der Waals surface area contributed by atoms with Gasteiger partial charge in [0, 0.05) is 5.54 Å². The first-order chi connectivity index (χ1) is 10.2. The molecule has 2 N–H and O–H groups in total. The van der Waals surface area contributed by atoms with E-state index in [2.05, 4.69) is 10.6 Å². The van der Waals surface area contributed by atoms with Crippen molar-refractivity contribution in [3.05, 3.63) is 29.8 Å². The van der Waals surface area contributed by atoms with Crippen molar-refractivity contribution in [3.63, 3.8) is 0 Å². The standard InChI is InChI=1S/C16H22N2O4/c1-5-22-15(21)11-8-6-7-9-12(11)17-13(19)10-14(20)18-16(2,3)4/h6-9H,5,10H2,1-4H3,(H,17,19)(H,18,20). The molecule has 6 heteroatoms. The lowest BCUT2D eigenvalue weighted by molar-refractivity contribution is -0.127. The second-order valence-electron chi connectivity index (χ2n) is 5.79. The zero-order chi connectivity index (χ0) is 16.8. The van der Waals surface area contributed by atoms with Gasteiger partial charge in [0.05, 0.1) is 17.9 Å². The molecule has 0 heterocycles. The minimum Gasteiger partial charge on any atom is -0.462 e. The predicted molar refractivity (Wildman–Crippen MR) is 83.5 cm³/mol. The van der Waals surface area contributed by atoms with E-state index in [1.54, 1.807) is 31.2 Å². The summed E-state index contributed by atoms with van der Waals surface area (Å²) in [5.74, 6) is -1.38. The maximum Gasteiger partial charge on any atom is 0.340 e. The fourth-order valence-electron chi connectivity index (χ4n) is 1.78. The van der Waals surface area contributed by atoms with Gasteiger partial charge < -0.3 is 15.4 Å². The topological polar surface area (TPSA) is 84.5 Å². The summed E-state index contributed by atoms with van der Waals surface area (Å²) in [6.07, 6.45) is -0.311. The highest BCUT2D eigenvalue weighted by Gasteiger charge is 2.18. The third-order valence-electron chi connectivity index (χ3n) is 2.53. The van der Waals surface area contributed by atoms with Crippen molar-refractivity contribution in [3.8, 4) is 0 Å². The minimum absolute atomic E-state index is 0.245. The molecule has 0 aliphatic rings. The fourth-order valence-corrected chi connectivity index (χ4v) is 1.78. The van der Waals surface area contributed by atoms with Crippen molar-refractivity contribution < 1.29 is 19.1 Å². The maximum atomic E-state index is 11.9. The molecule has 120 valence electrons. The Bertz CT molecular complexity index is 562. The highest BCUT2D eigenvalue weighted by molar-refractivity contribution is 6.06. The van der Waals surface area contributed by atoms with Gasteiger partial charge in [0.1, 0.15) is 6.42 Å². The second kappa shape index (κ2) is 7.59. The van der Waals surface area contributed by atoms with E-state index in [4.69, 9.17) is 4.74 Å². The number of rotatable bonds is 5. The lowest BCUT2D eigenvalue weighted by atomic mass is 10.1. The normalized spacial score (nSPS) is 10.7. The molecule has 0 aliphatic carbocycles. The van der Waals surface area contributed by atoms with Crippen molar-refractivity contribution >= 4 is 23.5 Å².